The average molecular weight is 221 g/mol. The van der Waals surface area contributed by atoms with Crippen molar-refractivity contribution < 1.29 is 9.90 Å². The number of carbonyl (C=O) groups is 1. The Bertz CT molecular complexity index is 374. The van der Waals surface area contributed by atoms with Gasteiger partial charge < -0.3 is 10.0 Å². The minimum atomic E-state index is 0.0194. The molecule has 1 rings (SSSR count). The Hall–Kier alpha value is -1.51. The Kier molecular flexibility index (Phi) is 4.35. The Balaban J connectivity index is 2.79. The van der Waals surface area contributed by atoms with E-state index < -0.39 is 0 Å². The molecule has 16 heavy (non-hydrogen) atoms. The van der Waals surface area contributed by atoms with Gasteiger partial charge in [-0.25, -0.2) is 0 Å². The number of carbonyl (C=O) groups excluding carboxylic acids is 1. The van der Waals surface area contributed by atoms with E-state index in [0.717, 1.165) is 24.9 Å². The number of phenols is 1. The number of hydrogen-bond donors (Lipinski definition) is 1. The summed E-state index contributed by atoms with van der Waals surface area (Å²) in [5.41, 5.74) is 1.48. The molecule has 1 aromatic rings. The molecule has 0 spiro atoms. The van der Waals surface area contributed by atoms with E-state index in [0.29, 0.717) is 5.56 Å². The van der Waals surface area contributed by atoms with Crippen LogP contribution in [0, 0.1) is 6.92 Å². The van der Waals surface area contributed by atoms with Gasteiger partial charge in [-0.2, -0.15) is 0 Å². The van der Waals surface area contributed by atoms with Gasteiger partial charge in [-0.1, -0.05) is 13.3 Å². The fourth-order valence-corrected chi connectivity index (χ4v) is 1.59. The lowest BCUT2D eigenvalue weighted by molar-refractivity contribution is 0.0792. The molecule has 0 aromatic heterocycles. The van der Waals surface area contributed by atoms with Gasteiger partial charge in [0.1, 0.15) is 5.75 Å². The van der Waals surface area contributed by atoms with Crippen LogP contribution in [0.1, 0.15) is 35.7 Å². The molecule has 3 nitrogen and oxygen atoms in total. The maximum Gasteiger partial charge on any atom is 0.253 e. The van der Waals surface area contributed by atoms with Gasteiger partial charge in [0.25, 0.3) is 5.91 Å². The zero-order chi connectivity index (χ0) is 12.1. The number of nitrogens with zero attached hydrogens (tertiary/aromatic N) is 1. The number of amides is 1. The van der Waals surface area contributed by atoms with Gasteiger partial charge in [0.05, 0.1) is 0 Å². The molecule has 0 bridgehead atoms. The molecule has 0 aliphatic rings. The third-order valence-electron chi connectivity index (χ3n) is 2.63. The van der Waals surface area contributed by atoms with Crippen LogP contribution in [-0.4, -0.2) is 29.5 Å². The van der Waals surface area contributed by atoms with Gasteiger partial charge in [-0.05, 0) is 37.1 Å². The van der Waals surface area contributed by atoms with Crippen LogP contribution in [0.2, 0.25) is 0 Å². The molecule has 0 radical (unpaired) electrons. The smallest absolute Gasteiger partial charge is 0.253 e. The first-order valence-electron chi connectivity index (χ1n) is 5.61. The second kappa shape index (κ2) is 5.54. The Labute approximate surface area is 96.7 Å². The average Bonchev–Trinajstić information content (AvgIpc) is 2.25. The van der Waals surface area contributed by atoms with E-state index in [1.165, 1.54) is 0 Å². The Morgan fingerprint density at radius 3 is 2.69 bits per heavy atom. The first kappa shape index (κ1) is 12.6. The number of unbranched alkanes of at least 4 members (excludes halogenated alkanes) is 1. The summed E-state index contributed by atoms with van der Waals surface area (Å²) in [6.07, 6.45) is 2.09. The van der Waals surface area contributed by atoms with Gasteiger partial charge in [-0.3, -0.25) is 4.79 Å². The lowest BCUT2D eigenvalue weighted by atomic mass is 10.1. The maximum atomic E-state index is 12.0. The zero-order valence-electron chi connectivity index (χ0n) is 10.2. The predicted molar refractivity (Wildman–Crippen MR) is 64.7 cm³/mol. The number of hydrogen-bond acceptors (Lipinski definition) is 2. The van der Waals surface area contributed by atoms with Crippen molar-refractivity contribution in [3.63, 3.8) is 0 Å². The zero-order valence-corrected chi connectivity index (χ0v) is 10.2. The highest BCUT2D eigenvalue weighted by Gasteiger charge is 2.13. The summed E-state index contributed by atoms with van der Waals surface area (Å²) >= 11 is 0. The molecule has 3 heteroatoms. The topological polar surface area (TPSA) is 40.5 Å². The van der Waals surface area contributed by atoms with Crippen LogP contribution in [0.5, 0.6) is 5.75 Å². The largest absolute Gasteiger partial charge is 0.508 e. The van der Waals surface area contributed by atoms with Crippen molar-refractivity contribution in [2.75, 3.05) is 13.6 Å². The molecule has 0 aliphatic carbocycles. The van der Waals surface area contributed by atoms with Crippen LogP contribution in [0.4, 0.5) is 0 Å². The van der Waals surface area contributed by atoms with E-state index in [1.807, 2.05) is 14.0 Å². The molecule has 0 heterocycles. The predicted octanol–water partition coefficient (Wildman–Crippen LogP) is 2.57. The second-order valence-electron chi connectivity index (χ2n) is 4.08. The minimum absolute atomic E-state index is 0.0194. The monoisotopic (exact) mass is 221 g/mol. The summed E-state index contributed by atoms with van der Waals surface area (Å²) in [6.45, 7) is 4.71. The lowest BCUT2D eigenvalue weighted by Gasteiger charge is -2.18. The number of phenolic OH excluding ortho intramolecular Hbond substituents is 1. The SMILES string of the molecule is CCCCN(C)C(=O)c1ccc(O)cc1C. The molecular weight excluding hydrogens is 202 g/mol. The molecule has 0 saturated carbocycles. The molecule has 0 aliphatic heterocycles. The van der Waals surface area contributed by atoms with E-state index in [2.05, 4.69) is 6.92 Å². The molecule has 1 amide bonds. The van der Waals surface area contributed by atoms with E-state index in [4.69, 9.17) is 0 Å². The standard InChI is InChI=1S/C13H19NO2/c1-4-5-8-14(3)13(16)12-7-6-11(15)9-10(12)2/h6-7,9,15H,4-5,8H2,1-3H3. The molecule has 1 N–H and O–H groups in total. The number of aromatic hydroxyl groups is 1. The van der Waals surface area contributed by atoms with Crippen molar-refractivity contribution in [1.82, 2.24) is 4.90 Å². The van der Waals surface area contributed by atoms with Crippen LogP contribution < -0.4 is 0 Å². The van der Waals surface area contributed by atoms with Crippen molar-refractivity contribution in [3.8, 4) is 5.75 Å². The minimum Gasteiger partial charge on any atom is -0.508 e. The molecule has 0 unspecified atom stereocenters. The first-order chi connectivity index (χ1) is 7.56. The summed E-state index contributed by atoms with van der Waals surface area (Å²) in [4.78, 5) is 13.8. The second-order valence-corrected chi connectivity index (χ2v) is 4.08. The summed E-state index contributed by atoms with van der Waals surface area (Å²) in [5.74, 6) is 0.219. The van der Waals surface area contributed by atoms with Crippen molar-refractivity contribution in [2.24, 2.45) is 0 Å². The third kappa shape index (κ3) is 2.99. The molecular formula is C13H19NO2. The van der Waals surface area contributed by atoms with Gasteiger partial charge in [0.15, 0.2) is 0 Å². The van der Waals surface area contributed by atoms with Gasteiger partial charge in [0, 0.05) is 19.2 Å². The van der Waals surface area contributed by atoms with Crippen LogP contribution in [0.3, 0.4) is 0 Å². The maximum absolute atomic E-state index is 12.0. The van der Waals surface area contributed by atoms with Crippen LogP contribution in [0.25, 0.3) is 0 Å². The van der Waals surface area contributed by atoms with Gasteiger partial charge >= 0.3 is 0 Å². The number of rotatable bonds is 4. The van der Waals surface area contributed by atoms with Gasteiger partial charge in [-0.15, -0.1) is 0 Å². The highest BCUT2D eigenvalue weighted by molar-refractivity contribution is 5.95. The lowest BCUT2D eigenvalue weighted by Crippen LogP contribution is -2.28. The van der Waals surface area contributed by atoms with Crippen molar-refractivity contribution in [3.05, 3.63) is 29.3 Å². The van der Waals surface area contributed by atoms with Crippen molar-refractivity contribution >= 4 is 5.91 Å². The van der Waals surface area contributed by atoms with E-state index in [9.17, 15) is 9.90 Å². The first-order valence-corrected chi connectivity index (χ1v) is 5.61. The summed E-state index contributed by atoms with van der Waals surface area (Å²) in [6, 6.07) is 4.84. The Morgan fingerprint density at radius 2 is 2.12 bits per heavy atom. The van der Waals surface area contributed by atoms with Crippen LogP contribution in [0.15, 0.2) is 18.2 Å². The number of aryl methyl sites for hydroxylation is 1. The molecule has 88 valence electrons. The van der Waals surface area contributed by atoms with Crippen molar-refractivity contribution in [2.45, 2.75) is 26.7 Å². The van der Waals surface area contributed by atoms with Crippen LogP contribution in [-0.2, 0) is 0 Å². The third-order valence-corrected chi connectivity index (χ3v) is 2.63. The van der Waals surface area contributed by atoms with Crippen molar-refractivity contribution in [1.29, 1.82) is 0 Å². The highest BCUT2D eigenvalue weighted by Crippen LogP contribution is 2.17. The number of benzene rings is 1. The quantitative estimate of drug-likeness (QED) is 0.849. The Morgan fingerprint density at radius 1 is 1.44 bits per heavy atom. The molecule has 1 aromatic carbocycles. The van der Waals surface area contributed by atoms with Crippen LogP contribution >= 0.6 is 0 Å². The van der Waals surface area contributed by atoms with E-state index in [1.54, 1.807) is 23.1 Å². The summed E-state index contributed by atoms with van der Waals surface area (Å²) in [5, 5.41) is 9.27. The normalized spacial score (nSPS) is 10.2. The van der Waals surface area contributed by atoms with Gasteiger partial charge in [0.2, 0.25) is 0 Å². The fraction of sp³-hybridized carbons (Fsp3) is 0.462. The summed E-state index contributed by atoms with van der Waals surface area (Å²) < 4.78 is 0. The summed E-state index contributed by atoms with van der Waals surface area (Å²) in [7, 11) is 1.81. The molecule has 0 fully saturated rings. The fourth-order valence-electron chi connectivity index (χ4n) is 1.59. The molecule has 0 saturated heterocycles. The molecule has 0 atom stereocenters. The highest BCUT2D eigenvalue weighted by atomic mass is 16.3. The van der Waals surface area contributed by atoms with E-state index >= 15 is 0 Å². The van der Waals surface area contributed by atoms with E-state index in [-0.39, 0.29) is 11.7 Å².